The van der Waals surface area contributed by atoms with Gasteiger partial charge in [-0.05, 0) is 31.5 Å². The fourth-order valence-electron chi connectivity index (χ4n) is 2.95. The van der Waals surface area contributed by atoms with Crippen LogP contribution in [0, 0.1) is 11.2 Å². The largest absolute Gasteiger partial charge is 0.337 e. The Labute approximate surface area is 105 Å². The molecule has 1 unspecified atom stereocenters. The summed E-state index contributed by atoms with van der Waals surface area (Å²) in [5.41, 5.74) is 0.154. The van der Waals surface area contributed by atoms with Gasteiger partial charge in [0.25, 0.3) is 5.91 Å². The Balaban J connectivity index is 1.77. The van der Waals surface area contributed by atoms with E-state index in [2.05, 4.69) is 10.3 Å². The number of hydrogen-bond acceptors (Lipinski definition) is 3. The molecule has 2 saturated heterocycles. The standard InChI is InChI=1S/C13H16FN3O/c14-10-2-1-5-16-11(10)12(18)17-7-4-13(9-17)3-6-15-8-13/h1-2,5,15H,3-4,6-9H2. The molecule has 3 rings (SSSR count). The summed E-state index contributed by atoms with van der Waals surface area (Å²) < 4.78 is 13.5. The number of aromatic nitrogens is 1. The van der Waals surface area contributed by atoms with Crippen molar-refractivity contribution in [2.24, 2.45) is 5.41 Å². The molecule has 1 aromatic heterocycles. The van der Waals surface area contributed by atoms with Crippen LogP contribution in [-0.4, -0.2) is 42.0 Å². The summed E-state index contributed by atoms with van der Waals surface area (Å²) >= 11 is 0. The molecule has 4 nitrogen and oxygen atoms in total. The lowest BCUT2D eigenvalue weighted by atomic mass is 9.87. The molecule has 5 heteroatoms. The lowest BCUT2D eigenvalue weighted by Gasteiger charge is -2.22. The van der Waals surface area contributed by atoms with Crippen LogP contribution >= 0.6 is 0 Å². The monoisotopic (exact) mass is 249 g/mol. The first-order valence-electron chi connectivity index (χ1n) is 6.31. The maximum atomic E-state index is 13.5. The van der Waals surface area contributed by atoms with Crippen LogP contribution in [0.15, 0.2) is 18.3 Å². The van der Waals surface area contributed by atoms with Crippen LogP contribution in [0.3, 0.4) is 0 Å². The second-order valence-electron chi connectivity index (χ2n) is 5.24. The smallest absolute Gasteiger partial charge is 0.275 e. The minimum atomic E-state index is -0.534. The van der Waals surface area contributed by atoms with E-state index in [9.17, 15) is 9.18 Å². The Morgan fingerprint density at radius 3 is 3.11 bits per heavy atom. The topological polar surface area (TPSA) is 45.2 Å². The predicted molar refractivity (Wildman–Crippen MR) is 64.6 cm³/mol. The van der Waals surface area contributed by atoms with Crippen molar-refractivity contribution in [2.45, 2.75) is 12.8 Å². The predicted octanol–water partition coefficient (Wildman–Crippen LogP) is 1.05. The number of rotatable bonds is 1. The maximum Gasteiger partial charge on any atom is 0.275 e. The van der Waals surface area contributed by atoms with Gasteiger partial charge in [0.2, 0.25) is 0 Å². The molecule has 0 bridgehead atoms. The molecule has 0 saturated carbocycles. The third kappa shape index (κ3) is 1.88. The van der Waals surface area contributed by atoms with Gasteiger partial charge in [0.1, 0.15) is 0 Å². The maximum absolute atomic E-state index is 13.5. The van der Waals surface area contributed by atoms with Gasteiger partial charge >= 0.3 is 0 Å². The van der Waals surface area contributed by atoms with Gasteiger partial charge in [-0.25, -0.2) is 9.37 Å². The zero-order valence-corrected chi connectivity index (χ0v) is 10.2. The molecule has 1 N–H and O–H groups in total. The van der Waals surface area contributed by atoms with Crippen molar-refractivity contribution >= 4 is 5.91 Å². The van der Waals surface area contributed by atoms with Crippen LogP contribution in [0.5, 0.6) is 0 Å². The molecule has 0 aromatic carbocycles. The van der Waals surface area contributed by atoms with Gasteiger partial charge in [0.15, 0.2) is 11.5 Å². The zero-order chi connectivity index (χ0) is 12.6. The molecule has 1 atom stereocenters. The van der Waals surface area contributed by atoms with Crippen molar-refractivity contribution in [1.82, 2.24) is 15.2 Å². The molecular weight excluding hydrogens is 233 g/mol. The van der Waals surface area contributed by atoms with Gasteiger partial charge < -0.3 is 10.2 Å². The Morgan fingerprint density at radius 2 is 2.39 bits per heavy atom. The highest BCUT2D eigenvalue weighted by atomic mass is 19.1. The van der Waals surface area contributed by atoms with Crippen LogP contribution in [-0.2, 0) is 0 Å². The number of likely N-dealkylation sites (tertiary alicyclic amines) is 1. The number of carbonyl (C=O) groups is 1. The summed E-state index contributed by atoms with van der Waals surface area (Å²) in [4.78, 5) is 17.8. The van der Waals surface area contributed by atoms with Gasteiger partial charge in [-0.15, -0.1) is 0 Å². The van der Waals surface area contributed by atoms with Crippen molar-refractivity contribution in [3.63, 3.8) is 0 Å². The van der Waals surface area contributed by atoms with Gasteiger partial charge in [-0.3, -0.25) is 4.79 Å². The van der Waals surface area contributed by atoms with Crippen molar-refractivity contribution in [3.8, 4) is 0 Å². The van der Waals surface area contributed by atoms with Crippen molar-refractivity contribution in [2.75, 3.05) is 26.2 Å². The minimum absolute atomic E-state index is 0.0551. The van der Waals surface area contributed by atoms with Crippen LogP contribution < -0.4 is 5.32 Å². The zero-order valence-electron chi connectivity index (χ0n) is 10.2. The summed E-state index contributed by atoms with van der Waals surface area (Å²) in [5.74, 6) is -0.815. The average Bonchev–Trinajstić information content (AvgIpc) is 3.00. The highest BCUT2D eigenvalue weighted by Crippen LogP contribution is 2.36. The molecule has 96 valence electrons. The fraction of sp³-hybridized carbons (Fsp3) is 0.538. The number of amides is 1. The summed E-state index contributed by atoms with van der Waals surface area (Å²) in [6, 6.07) is 2.78. The average molecular weight is 249 g/mol. The molecule has 2 aliphatic heterocycles. The molecule has 1 amide bonds. The quantitative estimate of drug-likeness (QED) is 0.809. The van der Waals surface area contributed by atoms with Crippen LogP contribution in [0.4, 0.5) is 4.39 Å². The first kappa shape index (κ1) is 11.6. The van der Waals surface area contributed by atoms with E-state index in [1.54, 1.807) is 4.90 Å². The number of carbonyl (C=O) groups excluding carboxylic acids is 1. The van der Waals surface area contributed by atoms with Gasteiger partial charge in [-0.2, -0.15) is 0 Å². The number of nitrogens with zero attached hydrogens (tertiary/aromatic N) is 2. The highest BCUT2D eigenvalue weighted by molar-refractivity contribution is 5.92. The molecule has 2 aliphatic rings. The van der Waals surface area contributed by atoms with Gasteiger partial charge in [0, 0.05) is 31.2 Å². The van der Waals surface area contributed by atoms with E-state index in [1.807, 2.05) is 0 Å². The number of hydrogen-bond donors (Lipinski definition) is 1. The van der Waals surface area contributed by atoms with E-state index in [0.717, 1.165) is 32.5 Å². The molecule has 1 aromatic rings. The molecule has 1 spiro atoms. The second-order valence-corrected chi connectivity index (χ2v) is 5.24. The summed E-state index contributed by atoms with van der Waals surface area (Å²) in [7, 11) is 0. The lowest BCUT2D eigenvalue weighted by molar-refractivity contribution is 0.0764. The third-order valence-corrected chi connectivity index (χ3v) is 4.02. The van der Waals surface area contributed by atoms with Gasteiger partial charge in [-0.1, -0.05) is 0 Å². The van der Waals surface area contributed by atoms with Crippen LogP contribution in [0.2, 0.25) is 0 Å². The van der Waals surface area contributed by atoms with Crippen LogP contribution in [0.1, 0.15) is 23.3 Å². The number of nitrogens with one attached hydrogen (secondary N) is 1. The van der Waals surface area contributed by atoms with E-state index in [4.69, 9.17) is 0 Å². The van der Waals surface area contributed by atoms with Crippen molar-refractivity contribution < 1.29 is 9.18 Å². The SMILES string of the molecule is O=C(c1ncccc1F)N1CCC2(CCNC2)C1. The van der Waals surface area contributed by atoms with E-state index in [1.165, 1.54) is 18.3 Å². The van der Waals surface area contributed by atoms with Crippen molar-refractivity contribution in [3.05, 3.63) is 29.8 Å². The summed E-state index contributed by atoms with van der Waals surface area (Å²) in [5, 5.41) is 3.34. The van der Waals surface area contributed by atoms with E-state index >= 15 is 0 Å². The first-order valence-corrected chi connectivity index (χ1v) is 6.31. The van der Waals surface area contributed by atoms with E-state index in [0.29, 0.717) is 6.54 Å². The summed E-state index contributed by atoms with van der Waals surface area (Å²) in [6.07, 6.45) is 3.56. The minimum Gasteiger partial charge on any atom is -0.337 e. The first-order chi connectivity index (χ1) is 8.70. The number of pyridine rings is 1. The van der Waals surface area contributed by atoms with Crippen LogP contribution in [0.25, 0.3) is 0 Å². The Kier molecular flexibility index (Phi) is 2.78. The second kappa shape index (κ2) is 4.31. The third-order valence-electron chi connectivity index (χ3n) is 4.02. The Hall–Kier alpha value is -1.49. The fourth-order valence-corrected chi connectivity index (χ4v) is 2.95. The van der Waals surface area contributed by atoms with Gasteiger partial charge in [0.05, 0.1) is 0 Å². The van der Waals surface area contributed by atoms with E-state index in [-0.39, 0.29) is 17.0 Å². The molecular formula is C13H16FN3O. The number of halogens is 1. The normalized spacial score (nSPS) is 27.1. The summed E-state index contributed by atoms with van der Waals surface area (Å²) in [6.45, 7) is 3.40. The molecule has 3 heterocycles. The Bertz CT molecular complexity index is 471. The van der Waals surface area contributed by atoms with Crippen molar-refractivity contribution in [1.29, 1.82) is 0 Å². The molecule has 0 aliphatic carbocycles. The van der Waals surface area contributed by atoms with E-state index < -0.39 is 5.82 Å². The highest BCUT2D eigenvalue weighted by Gasteiger charge is 2.42. The molecule has 18 heavy (non-hydrogen) atoms. The Morgan fingerprint density at radius 1 is 1.50 bits per heavy atom. The molecule has 0 radical (unpaired) electrons. The lowest BCUT2D eigenvalue weighted by Crippen LogP contribution is -2.34. The molecule has 2 fully saturated rings.